The molecule has 6 nitrogen and oxygen atoms in total. The number of hydrogen-bond acceptors (Lipinski definition) is 4. The lowest BCUT2D eigenvalue weighted by Gasteiger charge is -2.17. The van der Waals surface area contributed by atoms with E-state index in [1.807, 2.05) is 45.6 Å². The van der Waals surface area contributed by atoms with E-state index in [9.17, 15) is 4.39 Å². The highest BCUT2D eigenvalue weighted by atomic mass is 19.1. The molecule has 2 atom stereocenters. The van der Waals surface area contributed by atoms with Gasteiger partial charge in [-0.3, -0.25) is 14.6 Å². The molecular formula is C24H25FN6. The van der Waals surface area contributed by atoms with Crippen molar-refractivity contribution in [3.8, 4) is 33.9 Å². The van der Waals surface area contributed by atoms with Gasteiger partial charge in [0.1, 0.15) is 17.3 Å². The summed E-state index contributed by atoms with van der Waals surface area (Å²) in [4.78, 5) is 13.9. The quantitative estimate of drug-likeness (QED) is 0.449. The first-order valence-electron chi connectivity index (χ1n) is 10.9. The second kappa shape index (κ2) is 7.72. The van der Waals surface area contributed by atoms with Crippen LogP contribution in [0, 0.1) is 5.82 Å². The van der Waals surface area contributed by atoms with Gasteiger partial charge in [-0.25, -0.2) is 9.37 Å². The Labute approximate surface area is 180 Å². The van der Waals surface area contributed by atoms with Gasteiger partial charge in [0.25, 0.3) is 0 Å². The van der Waals surface area contributed by atoms with Crippen LogP contribution >= 0.6 is 0 Å². The average Bonchev–Trinajstić information content (AvgIpc) is 3.58. The number of rotatable bonds is 3. The molecule has 0 spiro atoms. The largest absolute Gasteiger partial charge is 0.324 e. The highest BCUT2D eigenvalue weighted by Gasteiger charge is 2.41. The van der Waals surface area contributed by atoms with Crippen LogP contribution in [0.15, 0.2) is 49.1 Å². The van der Waals surface area contributed by atoms with Crippen LogP contribution in [0.5, 0.6) is 0 Å². The second-order valence-corrected chi connectivity index (χ2v) is 7.90. The van der Waals surface area contributed by atoms with Gasteiger partial charge >= 0.3 is 0 Å². The molecule has 5 heterocycles. The zero-order valence-electron chi connectivity index (χ0n) is 18.0. The average molecular weight is 417 g/mol. The molecule has 0 saturated heterocycles. The summed E-state index contributed by atoms with van der Waals surface area (Å²) in [6.45, 7) is 4.00. The molecule has 7 heteroatoms. The number of nitrogens with zero attached hydrogens (tertiary/aromatic N) is 6. The van der Waals surface area contributed by atoms with Crippen molar-refractivity contribution in [1.82, 2.24) is 29.3 Å². The molecule has 2 unspecified atom stereocenters. The summed E-state index contributed by atoms with van der Waals surface area (Å²) in [5, 5.41) is 4.26. The maximum Gasteiger partial charge on any atom is 0.141 e. The summed E-state index contributed by atoms with van der Waals surface area (Å²) < 4.78 is 17.6. The molecule has 0 radical (unpaired) electrons. The summed E-state index contributed by atoms with van der Waals surface area (Å²) in [6, 6.07) is 7.73. The third-order valence-corrected chi connectivity index (χ3v) is 6.08. The van der Waals surface area contributed by atoms with Crippen molar-refractivity contribution < 1.29 is 4.39 Å². The van der Waals surface area contributed by atoms with Gasteiger partial charge in [0.2, 0.25) is 0 Å². The van der Waals surface area contributed by atoms with E-state index in [-0.39, 0.29) is 5.82 Å². The number of aromatic nitrogens is 6. The lowest BCUT2D eigenvalue weighted by atomic mass is 10.1. The van der Waals surface area contributed by atoms with Gasteiger partial charge in [0.15, 0.2) is 0 Å². The van der Waals surface area contributed by atoms with Gasteiger partial charge < -0.3 is 4.57 Å². The summed E-state index contributed by atoms with van der Waals surface area (Å²) >= 11 is 0. The van der Waals surface area contributed by atoms with E-state index in [2.05, 4.69) is 25.7 Å². The monoisotopic (exact) mass is 416 g/mol. The molecule has 0 aromatic carbocycles. The fraction of sp³-hybridized carbons (Fsp3) is 0.333. The molecule has 158 valence electrons. The molecule has 1 saturated carbocycles. The Balaban J connectivity index is 0.000000994. The van der Waals surface area contributed by atoms with Crippen molar-refractivity contribution in [3.05, 3.63) is 60.7 Å². The zero-order valence-corrected chi connectivity index (χ0v) is 18.0. The molecule has 1 fully saturated rings. The maximum absolute atomic E-state index is 13.5. The first-order valence-corrected chi connectivity index (χ1v) is 10.9. The molecule has 0 amide bonds. The van der Waals surface area contributed by atoms with E-state index < -0.39 is 0 Å². The Bertz CT molecular complexity index is 1220. The minimum Gasteiger partial charge on any atom is -0.324 e. The number of halogens is 1. The van der Waals surface area contributed by atoms with Crippen LogP contribution in [0.2, 0.25) is 0 Å². The third-order valence-electron chi connectivity index (χ3n) is 6.08. The number of aryl methyl sites for hydroxylation is 1. The first-order chi connectivity index (χ1) is 15.2. The number of pyridine rings is 2. The molecular weight excluding hydrogens is 391 g/mol. The van der Waals surface area contributed by atoms with Gasteiger partial charge in [-0.1, -0.05) is 13.8 Å². The minimum absolute atomic E-state index is 0.343. The summed E-state index contributed by atoms with van der Waals surface area (Å²) in [5.41, 5.74) is 5.46. The number of hydrogen-bond donors (Lipinski definition) is 0. The van der Waals surface area contributed by atoms with Gasteiger partial charge in [-0.05, 0) is 43.5 Å². The standard InChI is InChI=1S/C22H19FN6.C2H6/c1-28-12-15(10-26-28)19-9-13(6-7-24-19)21-20(18-5-3-16(23)11-25-18)27-22-14-2-4-17(8-14)29(21)22;1-2/h3,5-7,9-12,14,17H,2,4,8H2,1H3;1-2H3. The van der Waals surface area contributed by atoms with E-state index >= 15 is 0 Å². The van der Waals surface area contributed by atoms with Crippen LogP contribution in [0.1, 0.15) is 50.9 Å². The van der Waals surface area contributed by atoms with Gasteiger partial charge in [-0.15, -0.1) is 0 Å². The fourth-order valence-corrected chi connectivity index (χ4v) is 4.79. The Kier molecular flexibility index (Phi) is 4.88. The smallest absolute Gasteiger partial charge is 0.141 e. The normalized spacial score (nSPS) is 18.6. The molecule has 2 aliphatic rings. The maximum atomic E-state index is 13.5. The van der Waals surface area contributed by atoms with E-state index in [0.717, 1.165) is 40.5 Å². The van der Waals surface area contributed by atoms with Crippen molar-refractivity contribution in [2.75, 3.05) is 0 Å². The summed E-state index contributed by atoms with van der Waals surface area (Å²) in [5.74, 6) is 1.30. The molecule has 31 heavy (non-hydrogen) atoms. The van der Waals surface area contributed by atoms with Crippen molar-refractivity contribution in [2.24, 2.45) is 7.05 Å². The molecule has 6 rings (SSSR count). The zero-order chi connectivity index (χ0) is 21.5. The molecule has 4 aromatic rings. The van der Waals surface area contributed by atoms with Crippen LogP contribution in [0.25, 0.3) is 33.9 Å². The Morgan fingerprint density at radius 2 is 1.87 bits per heavy atom. The lowest BCUT2D eigenvalue weighted by Crippen LogP contribution is -2.08. The van der Waals surface area contributed by atoms with Crippen LogP contribution in [0.3, 0.4) is 0 Å². The van der Waals surface area contributed by atoms with Crippen molar-refractivity contribution in [3.63, 3.8) is 0 Å². The molecule has 1 aliphatic carbocycles. The van der Waals surface area contributed by atoms with Crippen molar-refractivity contribution in [1.29, 1.82) is 0 Å². The van der Waals surface area contributed by atoms with Crippen molar-refractivity contribution >= 4 is 0 Å². The number of imidazole rings is 1. The Hall–Kier alpha value is -3.35. The number of fused-ring (bicyclic) bond motifs is 5. The molecule has 0 N–H and O–H groups in total. The van der Waals surface area contributed by atoms with Gasteiger partial charge in [-0.2, -0.15) is 5.10 Å². The Morgan fingerprint density at radius 3 is 2.61 bits per heavy atom. The van der Waals surface area contributed by atoms with E-state index in [0.29, 0.717) is 17.7 Å². The minimum atomic E-state index is -0.343. The lowest BCUT2D eigenvalue weighted by molar-refractivity contribution is 0.530. The van der Waals surface area contributed by atoms with Crippen LogP contribution in [0.4, 0.5) is 4.39 Å². The summed E-state index contributed by atoms with van der Waals surface area (Å²) in [6.07, 6.45) is 10.4. The highest BCUT2D eigenvalue weighted by molar-refractivity contribution is 5.80. The van der Waals surface area contributed by atoms with Gasteiger partial charge in [0, 0.05) is 42.5 Å². The molecule has 4 aromatic heterocycles. The van der Waals surface area contributed by atoms with Crippen LogP contribution < -0.4 is 0 Å². The summed E-state index contributed by atoms with van der Waals surface area (Å²) in [7, 11) is 1.90. The van der Waals surface area contributed by atoms with E-state index in [1.165, 1.54) is 25.1 Å². The van der Waals surface area contributed by atoms with E-state index in [1.54, 1.807) is 10.7 Å². The first kappa shape index (κ1) is 19.6. The Morgan fingerprint density at radius 1 is 1.00 bits per heavy atom. The molecule has 2 bridgehead atoms. The van der Waals surface area contributed by atoms with Gasteiger partial charge in [0.05, 0.1) is 29.5 Å². The predicted molar refractivity (Wildman–Crippen MR) is 118 cm³/mol. The third kappa shape index (κ3) is 3.24. The predicted octanol–water partition coefficient (Wildman–Crippen LogP) is 5.40. The topological polar surface area (TPSA) is 61.4 Å². The van der Waals surface area contributed by atoms with Crippen LogP contribution in [-0.4, -0.2) is 29.3 Å². The second-order valence-electron chi connectivity index (χ2n) is 7.90. The van der Waals surface area contributed by atoms with E-state index in [4.69, 9.17) is 4.98 Å². The fourth-order valence-electron chi connectivity index (χ4n) is 4.79. The highest BCUT2D eigenvalue weighted by Crippen LogP contribution is 2.52. The van der Waals surface area contributed by atoms with Crippen LogP contribution in [-0.2, 0) is 7.05 Å². The molecule has 1 aliphatic heterocycles. The SMILES string of the molecule is CC.Cn1cc(-c2cc(-c3c(-c4ccc(F)cn4)nc4n3C3CCC4C3)ccn2)cn1. The van der Waals surface area contributed by atoms with Crippen molar-refractivity contribution in [2.45, 2.75) is 45.1 Å².